The summed E-state index contributed by atoms with van der Waals surface area (Å²) in [5.41, 5.74) is -8.21. The minimum Gasteiger partial charge on any atom is -0.337 e. The Labute approximate surface area is 234 Å². The van der Waals surface area contributed by atoms with E-state index in [9.17, 15) is 57.1 Å². The third kappa shape index (κ3) is 4.75. The summed E-state index contributed by atoms with van der Waals surface area (Å²) in [6, 6.07) is 4.95. The highest BCUT2D eigenvalue weighted by molar-refractivity contribution is 14.1. The Hall–Kier alpha value is -2.11. The van der Waals surface area contributed by atoms with E-state index >= 15 is 0 Å². The van der Waals surface area contributed by atoms with Crippen molar-refractivity contribution in [3.8, 4) is 0 Å². The fourth-order valence-electron chi connectivity index (χ4n) is 5.63. The van der Waals surface area contributed by atoms with E-state index in [0.717, 1.165) is 4.90 Å². The molecule has 2 atom stereocenters. The average molecular weight is 717 g/mol. The third-order valence-electron chi connectivity index (χ3n) is 7.34. The van der Waals surface area contributed by atoms with Crippen molar-refractivity contribution in [2.45, 2.75) is 65.6 Å². The van der Waals surface area contributed by atoms with E-state index in [4.69, 9.17) is 0 Å². The van der Waals surface area contributed by atoms with Gasteiger partial charge >= 0.3 is 24.2 Å². The standard InChI is InChI=1S/C24H18F10INO3S/c25-21(26,27)12-19(37)36-10-9-20(40(38,39)16-5-3-15(35)4-6-16)17-7-2-14(11-13(17)1-8-18(20)36)22(28,23(29,30)31)24(32,33)34/h2-7,11,18H,1,8-10,12H2/t18-,20-/m1/s1. The summed E-state index contributed by atoms with van der Waals surface area (Å²) < 4.78 is 161. The SMILES string of the molecule is O=C(CC(F)(F)F)N1CC[C@@]2(S(=O)(=O)c3ccc(I)cc3)c3ccc(C(F)(C(F)(F)F)C(F)(F)F)cc3CC[C@@H]12. The van der Waals surface area contributed by atoms with Crippen LogP contribution in [-0.4, -0.2) is 50.3 Å². The molecular weight excluding hydrogens is 699 g/mol. The summed E-state index contributed by atoms with van der Waals surface area (Å²) in [4.78, 5) is 13.0. The van der Waals surface area contributed by atoms with Crippen LogP contribution in [-0.2, 0) is 31.5 Å². The van der Waals surface area contributed by atoms with Crippen molar-refractivity contribution >= 4 is 38.3 Å². The average Bonchev–Trinajstić information content (AvgIpc) is 3.23. The summed E-state index contributed by atoms with van der Waals surface area (Å²) in [6.45, 7) is -0.470. The molecule has 1 fully saturated rings. The molecule has 2 aliphatic rings. The number of aryl methyl sites for hydroxylation is 1. The molecule has 1 aliphatic heterocycles. The van der Waals surface area contributed by atoms with Crippen LogP contribution in [0.1, 0.15) is 36.0 Å². The maximum atomic E-state index is 14.8. The van der Waals surface area contributed by atoms with Crippen LogP contribution in [0, 0.1) is 3.57 Å². The van der Waals surface area contributed by atoms with E-state index < -0.39 is 88.5 Å². The number of rotatable bonds is 4. The summed E-state index contributed by atoms with van der Waals surface area (Å²) in [7, 11) is -4.62. The number of alkyl halides is 10. The highest BCUT2D eigenvalue weighted by atomic mass is 127. The van der Waals surface area contributed by atoms with Crippen molar-refractivity contribution < 1.29 is 57.1 Å². The molecule has 0 unspecified atom stereocenters. The van der Waals surface area contributed by atoms with Gasteiger partial charge in [0.15, 0.2) is 9.84 Å². The van der Waals surface area contributed by atoms with Gasteiger partial charge in [0.25, 0.3) is 0 Å². The second-order valence-corrected chi connectivity index (χ2v) is 13.0. The number of hydrogen-bond donors (Lipinski definition) is 0. The summed E-state index contributed by atoms with van der Waals surface area (Å²) in [5, 5.41) is 0. The lowest BCUT2D eigenvalue weighted by atomic mass is 9.76. The molecule has 1 saturated heterocycles. The van der Waals surface area contributed by atoms with Gasteiger partial charge in [0, 0.05) is 15.7 Å². The Balaban J connectivity index is 1.94. The zero-order chi connectivity index (χ0) is 30.1. The predicted molar refractivity (Wildman–Crippen MR) is 128 cm³/mol. The Morgan fingerprint density at radius 2 is 1.50 bits per heavy atom. The fraction of sp³-hybridized carbons (Fsp3) is 0.458. The van der Waals surface area contributed by atoms with Gasteiger partial charge in [0.2, 0.25) is 5.91 Å². The first kappa shape index (κ1) is 30.8. The molecule has 1 heterocycles. The van der Waals surface area contributed by atoms with Gasteiger partial charge in [-0.2, -0.15) is 39.5 Å². The maximum Gasteiger partial charge on any atom is 0.435 e. The molecule has 0 radical (unpaired) electrons. The number of likely N-dealkylation sites (tertiary alicyclic amines) is 1. The van der Waals surface area contributed by atoms with E-state index in [1.165, 1.54) is 24.3 Å². The maximum absolute atomic E-state index is 14.8. The third-order valence-corrected chi connectivity index (χ3v) is 10.6. The van der Waals surface area contributed by atoms with Gasteiger partial charge in [0.05, 0.1) is 10.9 Å². The van der Waals surface area contributed by atoms with Crippen LogP contribution in [0.4, 0.5) is 43.9 Å². The summed E-state index contributed by atoms with van der Waals surface area (Å²) >= 11 is 1.88. The normalized spacial score (nSPS) is 22.2. The van der Waals surface area contributed by atoms with Crippen molar-refractivity contribution in [2.75, 3.05) is 6.54 Å². The molecule has 0 spiro atoms. The molecule has 220 valence electrons. The lowest BCUT2D eigenvalue weighted by Crippen LogP contribution is -2.53. The van der Waals surface area contributed by atoms with Crippen molar-refractivity contribution in [3.05, 3.63) is 62.7 Å². The first-order chi connectivity index (χ1) is 18.2. The van der Waals surface area contributed by atoms with Crippen LogP contribution in [0.3, 0.4) is 0 Å². The van der Waals surface area contributed by atoms with Crippen LogP contribution in [0.15, 0.2) is 47.4 Å². The van der Waals surface area contributed by atoms with E-state index in [0.29, 0.717) is 15.7 Å². The highest BCUT2D eigenvalue weighted by Crippen LogP contribution is 2.56. The number of hydrogen-bond acceptors (Lipinski definition) is 3. The first-order valence-corrected chi connectivity index (χ1v) is 14.1. The van der Waals surface area contributed by atoms with Crippen molar-refractivity contribution in [3.63, 3.8) is 0 Å². The van der Waals surface area contributed by atoms with Crippen molar-refractivity contribution in [1.29, 1.82) is 0 Å². The van der Waals surface area contributed by atoms with Gasteiger partial charge in [0.1, 0.15) is 11.2 Å². The molecule has 0 N–H and O–H groups in total. The fourth-order valence-corrected chi connectivity index (χ4v) is 8.35. The van der Waals surface area contributed by atoms with Gasteiger partial charge < -0.3 is 4.90 Å². The molecule has 40 heavy (non-hydrogen) atoms. The van der Waals surface area contributed by atoms with Gasteiger partial charge in [-0.3, -0.25) is 4.79 Å². The Morgan fingerprint density at radius 1 is 0.925 bits per heavy atom. The number of carbonyl (C=O) groups is 1. The minimum atomic E-state index is -6.41. The second kappa shape index (κ2) is 9.73. The van der Waals surface area contributed by atoms with Crippen LogP contribution >= 0.6 is 22.6 Å². The molecule has 0 saturated carbocycles. The monoisotopic (exact) mass is 717 g/mol. The molecule has 1 amide bonds. The number of halogens is 11. The number of fused-ring (bicyclic) bond motifs is 3. The van der Waals surface area contributed by atoms with E-state index in [1.807, 2.05) is 22.6 Å². The van der Waals surface area contributed by atoms with Crippen LogP contribution in [0.2, 0.25) is 0 Å². The molecule has 2 aromatic carbocycles. The zero-order valence-corrected chi connectivity index (χ0v) is 22.9. The van der Waals surface area contributed by atoms with Crippen molar-refractivity contribution in [1.82, 2.24) is 4.90 Å². The summed E-state index contributed by atoms with van der Waals surface area (Å²) in [5.74, 6) is -1.42. The summed E-state index contributed by atoms with van der Waals surface area (Å²) in [6.07, 6.45) is -20.9. The van der Waals surface area contributed by atoms with Gasteiger partial charge in [-0.25, -0.2) is 12.8 Å². The largest absolute Gasteiger partial charge is 0.435 e. The molecule has 0 aromatic heterocycles. The van der Waals surface area contributed by atoms with Crippen LogP contribution in [0.5, 0.6) is 0 Å². The Kier molecular flexibility index (Phi) is 7.50. The Morgan fingerprint density at radius 3 is 2.02 bits per heavy atom. The van der Waals surface area contributed by atoms with Crippen LogP contribution < -0.4 is 0 Å². The molecule has 0 bridgehead atoms. The molecular formula is C24H18F10INO3S. The number of sulfone groups is 1. The van der Waals surface area contributed by atoms with Gasteiger partial charge in [-0.1, -0.05) is 18.2 Å². The molecule has 4 nitrogen and oxygen atoms in total. The molecule has 16 heteroatoms. The lowest BCUT2D eigenvalue weighted by molar-refractivity contribution is -0.348. The topological polar surface area (TPSA) is 54.5 Å². The molecule has 1 aliphatic carbocycles. The number of carbonyl (C=O) groups excluding carboxylic acids is 1. The van der Waals surface area contributed by atoms with Gasteiger partial charge in [-0.05, 0) is 77.2 Å². The number of amides is 1. The predicted octanol–water partition coefficient (Wildman–Crippen LogP) is 6.75. The highest BCUT2D eigenvalue weighted by Gasteiger charge is 2.74. The van der Waals surface area contributed by atoms with Gasteiger partial charge in [-0.15, -0.1) is 0 Å². The number of nitrogens with zero attached hydrogens (tertiary/aromatic N) is 1. The first-order valence-electron chi connectivity index (χ1n) is 11.5. The Bertz CT molecular complexity index is 1410. The quantitative estimate of drug-likeness (QED) is 0.260. The van der Waals surface area contributed by atoms with E-state index in [2.05, 4.69) is 0 Å². The lowest BCUT2D eigenvalue weighted by Gasteiger charge is -2.43. The zero-order valence-electron chi connectivity index (χ0n) is 19.9. The van der Waals surface area contributed by atoms with E-state index in [-0.39, 0.29) is 22.1 Å². The van der Waals surface area contributed by atoms with E-state index in [1.54, 1.807) is 0 Å². The van der Waals surface area contributed by atoms with Crippen molar-refractivity contribution in [2.24, 2.45) is 0 Å². The smallest absolute Gasteiger partial charge is 0.337 e. The minimum absolute atomic E-state index is 0.188. The second-order valence-electron chi connectivity index (χ2n) is 9.56. The molecule has 4 rings (SSSR count). The van der Waals surface area contributed by atoms with Crippen LogP contribution in [0.25, 0.3) is 0 Å². The number of benzene rings is 2. The molecule has 2 aromatic rings.